The molecule has 42 heavy (non-hydrogen) atoms. The maximum absolute atomic E-state index is 13.7. The molecule has 0 aromatic heterocycles. The smallest absolute Gasteiger partial charge is 0.322 e. The van der Waals surface area contributed by atoms with Gasteiger partial charge < -0.3 is 31.1 Å². The molecule has 0 aliphatic carbocycles. The van der Waals surface area contributed by atoms with Crippen LogP contribution in [0.25, 0.3) is 0 Å². The van der Waals surface area contributed by atoms with Crippen LogP contribution in [-0.2, 0) is 30.5 Å². The Bertz CT molecular complexity index is 1270. The minimum absolute atomic E-state index is 0.0384. The number of rotatable bonds is 7. The molecule has 3 aliphatic heterocycles. The third kappa shape index (κ3) is 6.89. The first-order chi connectivity index (χ1) is 20.4. The monoisotopic (exact) mass is 574 g/mol. The maximum Gasteiger partial charge on any atom is 0.322 e. The number of likely N-dealkylation sites (tertiary alicyclic amines) is 2. The molecule has 0 spiro atoms. The average molecular weight is 575 g/mol. The van der Waals surface area contributed by atoms with Crippen molar-refractivity contribution in [1.82, 2.24) is 20.0 Å². The van der Waals surface area contributed by atoms with Gasteiger partial charge in [0.25, 0.3) is 0 Å². The second-order valence-electron chi connectivity index (χ2n) is 11.9. The molecule has 3 heterocycles. The molecule has 226 valence electrons. The summed E-state index contributed by atoms with van der Waals surface area (Å²) in [5, 5.41) is 6.16. The average Bonchev–Trinajstić information content (AvgIpc) is 3.18. The van der Waals surface area contributed by atoms with E-state index in [2.05, 4.69) is 48.7 Å². The quantitative estimate of drug-likeness (QED) is 0.465. The van der Waals surface area contributed by atoms with Gasteiger partial charge in [0.05, 0.1) is 0 Å². The minimum atomic E-state index is -0.642. The topological polar surface area (TPSA) is 111 Å². The van der Waals surface area contributed by atoms with Gasteiger partial charge in [0, 0.05) is 56.9 Å². The third-order valence-electron chi connectivity index (χ3n) is 9.25. The number of carbonyl (C=O) groups is 3. The number of carbonyl (C=O) groups excluding carboxylic acids is 3. The molecule has 5 rings (SSSR count). The van der Waals surface area contributed by atoms with Gasteiger partial charge >= 0.3 is 12.1 Å². The van der Waals surface area contributed by atoms with E-state index in [1.165, 1.54) is 11.1 Å². The van der Waals surface area contributed by atoms with E-state index in [-0.39, 0.29) is 30.1 Å². The first kappa shape index (κ1) is 29.9. The molecule has 0 saturated carbocycles. The summed E-state index contributed by atoms with van der Waals surface area (Å²) in [7, 11) is 0. The number of piperidine rings is 2. The first-order valence-electron chi connectivity index (χ1n) is 15.7. The van der Waals surface area contributed by atoms with Gasteiger partial charge in [-0.3, -0.25) is 4.79 Å². The van der Waals surface area contributed by atoms with E-state index in [1.54, 1.807) is 4.90 Å². The molecule has 5 amide bonds. The molecule has 0 unspecified atom stereocenters. The Morgan fingerprint density at radius 3 is 2.33 bits per heavy atom. The lowest BCUT2D eigenvalue weighted by molar-refractivity contribution is -0.134. The fraction of sp³-hybridized carbons (Fsp3) is 0.545. The summed E-state index contributed by atoms with van der Waals surface area (Å²) in [6.45, 7) is 7.28. The Kier molecular flexibility index (Phi) is 9.67. The number of nitrogens with two attached hydrogens (primary N) is 1. The maximum atomic E-state index is 13.7. The van der Waals surface area contributed by atoms with Crippen molar-refractivity contribution in [3.8, 4) is 0 Å². The van der Waals surface area contributed by atoms with Gasteiger partial charge in [0.15, 0.2) is 0 Å². The third-order valence-corrected chi connectivity index (χ3v) is 9.25. The van der Waals surface area contributed by atoms with E-state index in [0.717, 1.165) is 48.9 Å². The molecule has 0 bridgehead atoms. The van der Waals surface area contributed by atoms with Crippen LogP contribution in [0.15, 0.2) is 42.5 Å². The highest BCUT2D eigenvalue weighted by Gasteiger charge is 2.34. The van der Waals surface area contributed by atoms with Crippen LogP contribution in [0.5, 0.6) is 0 Å². The number of fused-ring (bicyclic) bond motifs is 1. The standard InChI is InChI=1S/C33H46N6O3/c1-3-24-10-9-23(21-25(24)4-2)22-30(31(40)37-16-12-27(34)13-17-37)36-32(41)38-18-14-28(15-19-38)39-20-11-26-7-5-6-8-29(26)35-33(39)42/h5-10,21,27-28,30H,3-4,11-20,22,34H2,1-2H3,(H,35,42)(H,36,41)/t30-/m1/s1. The predicted octanol–water partition coefficient (Wildman–Crippen LogP) is 3.94. The van der Waals surface area contributed by atoms with Crippen LogP contribution >= 0.6 is 0 Å². The van der Waals surface area contributed by atoms with Crippen molar-refractivity contribution in [3.05, 3.63) is 64.7 Å². The summed E-state index contributed by atoms with van der Waals surface area (Å²) in [5.74, 6) is -0.0384. The Labute approximate surface area is 249 Å². The molecule has 4 N–H and O–H groups in total. The number of nitrogens with one attached hydrogen (secondary N) is 2. The fourth-order valence-corrected chi connectivity index (χ4v) is 6.62. The lowest BCUT2D eigenvalue weighted by Crippen LogP contribution is -2.57. The second-order valence-corrected chi connectivity index (χ2v) is 11.9. The van der Waals surface area contributed by atoms with E-state index in [9.17, 15) is 14.4 Å². The van der Waals surface area contributed by atoms with Crippen LogP contribution < -0.4 is 16.4 Å². The summed E-state index contributed by atoms with van der Waals surface area (Å²) in [5.41, 5.74) is 11.8. The SMILES string of the molecule is CCc1ccc(C[C@@H](NC(=O)N2CCC(N3CCc4ccccc4NC3=O)CC2)C(=O)N2CCC(N)CC2)cc1CC. The van der Waals surface area contributed by atoms with Crippen molar-refractivity contribution >= 4 is 23.7 Å². The summed E-state index contributed by atoms with van der Waals surface area (Å²) >= 11 is 0. The van der Waals surface area contributed by atoms with Crippen molar-refractivity contribution < 1.29 is 14.4 Å². The highest BCUT2D eigenvalue weighted by Crippen LogP contribution is 2.25. The second kappa shape index (κ2) is 13.6. The van der Waals surface area contributed by atoms with Gasteiger partial charge in [-0.25, -0.2) is 9.59 Å². The Morgan fingerprint density at radius 2 is 1.62 bits per heavy atom. The van der Waals surface area contributed by atoms with Gasteiger partial charge in [-0.1, -0.05) is 50.2 Å². The molecule has 9 nitrogen and oxygen atoms in total. The van der Waals surface area contributed by atoms with Gasteiger partial charge in [-0.2, -0.15) is 0 Å². The molecule has 2 aromatic carbocycles. The first-order valence-corrected chi connectivity index (χ1v) is 15.7. The molecule has 2 saturated heterocycles. The predicted molar refractivity (Wildman–Crippen MR) is 165 cm³/mol. The van der Waals surface area contributed by atoms with Crippen molar-refractivity contribution in [2.75, 3.05) is 38.0 Å². The molecule has 2 fully saturated rings. The number of urea groups is 2. The number of hydrogen-bond acceptors (Lipinski definition) is 4. The van der Waals surface area contributed by atoms with Gasteiger partial charge in [-0.15, -0.1) is 0 Å². The van der Waals surface area contributed by atoms with Crippen LogP contribution in [0.3, 0.4) is 0 Å². The van der Waals surface area contributed by atoms with Crippen LogP contribution in [-0.4, -0.2) is 83.5 Å². The Balaban J connectivity index is 1.23. The Morgan fingerprint density at radius 1 is 0.929 bits per heavy atom. The minimum Gasteiger partial charge on any atom is -0.341 e. The van der Waals surface area contributed by atoms with Crippen molar-refractivity contribution in [3.63, 3.8) is 0 Å². The zero-order valence-electron chi connectivity index (χ0n) is 25.1. The van der Waals surface area contributed by atoms with Crippen LogP contribution in [0.1, 0.15) is 61.8 Å². The largest absolute Gasteiger partial charge is 0.341 e. The molecule has 1 atom stereocenters. The van der Waals surface area contributed by atoms with Gasteiger partial charge in [-0.05, 0) is 73.3 Å². The van der Waals surface area contributed by atoms with Crippen molar-refractivity contribution in [2.45, 2.75) is 83.3 Å². The van der Waals surface area contributed by atoms with E-state index < -0.39 is 6.04 Å². The molecule has 3 aliphatic rings. The zero-order valence-corrected chi connectivity index (χ0v) is 25.1. The number of benzene rings is 2. The summed E-state index contributed by atoms with van der Waals surface area (Å²) in [6.07, 6.45) is 6.13. The lowest BCUT2D eigenvalue weighted by Gasteiger charge is -2.38. The Hall–Kier alpha value is -3.59. The number of anilines is 1. The summed E-state index contributed by atoms with van der Waals surface area (Å²) in [4.78, 5) is 45.9. The fourth-order valence-electron chi connectivity index (χ4n) is 6.62. The number of aryl methyl sites for hydroxylation is 2. The molecular weight excluding hydrogens is 528 g/mol. The zero-order chi connectivity index (χ0) is 29.6. The highest BCUT2D eigenvalue weighted by atomic mass is 16.2. The highest BCUT2D eigenvalue weighted by molar-refractivity contribution is 5.91. The van der Waals surface area contributed by atoms with E-state index >= 15 is 0 Å². The van der Waals surface area contributed by atoms with Gasteiger partial charge in [0.1, 0.15) is 6.04 Å². The number of para-hydroxylation sites is 1. The van der Waals surface area contributed by atoms with E-state index in [1.807, 2.05) is 28.0 Å². The molecular formula is C33H46N6O3. The number of amides is 5. The molecule has 0 radical (unpaired) electrons. The molecule has 9 heteroatoms. The summed E-state index contributed by atoms with van der Waals surface area (Å²) < 4.78 is 0. The number of nitrogens with zero attached hydrogens (tertiary/aromatic N) is 3. The van der Waals surface area contributed by atoms with Crippen LogP contribution in [0, 0.1) is 0 Å². The van der Waals surface area contributed by atoms with E-state index in [0.29, 0.717) is 52.0 Å². The van der Waals surface area contributed by atoms with Crippen LogP contribution in [0.2, 0.25) is 0 Å². The number of hydrogen-bond donors (Lipinski definition) is 3. The van der Waals surface area contributed by atoms with E-state index in [4.69, 9.17) is 5.73 Å². The van der Waals surface area contributed by atoms with Gasteiger partial charge in [0.2, 0.25) is 5.91 Å². The normalized spacial score (nSPS) is 19.1. The summed E-state index contributed by atoms with van der Waals surface area (Å²) in [6, 6.07) is 13.6. The molecule has 2 aromatic rings. The van der Waals surface area contributed by atoms with Crippen molar-refractivity contribution in [2.24, 2.45) is 5.73 Å². The van der Waals surface area contributed by atoms with Crippen LogP contribution in [0.4, 0.5) is 15.3 Å². The van der Waals surface area contributed by atoms with Crippen molar-refractivity contribution in [1.29, 1.82) is 0 Å². The lowest BCUT2D eigenvalue weighted by atomic mass is 9.96.